The third-order valence-corrected chi connectivity index (χ3v) is 13.6. The molecule has 9 unspecified atom stereocenters. The number of benzene rings is 2. The number of rotatable bonds is 35. The summed E-state index contributed by atoms with van der Waals surface area (Å²) in [6.45, 7) is 14.2. The van der Waals surface area contributed by atoms with E-state index < -0.39 is 119 Å². The van der Waals surface area contributed by atoms with Gasteiger partial charge in [-0.2, -0.15) is 0 Å². The fourth-order valence-corrected chi connectivity index (χ4v) is 9.04. The molecule has 2 aromatic heterocycles. The van der Waals surface area contributed by atoms with E-state index in [1.807, 2.05) is 58.0 Å². The van der Waals surface area contributed by atoms with Crippen molar-refractivity contribution < 1.29 is 53.4 Å². The summed E-state index contributed by atoms with van der Waals surface area (Å²) in [4.78, 5) is 140. The smallest absolute Gasteiger partial charge is 0.326 e. The summed E-state index contributed by atoms with van der Waals surface area (Å²) in [6, 6.07) is 3.73. The Morgan fingerprint density at radius 2 is 0.892 bits per heavy atom. The summed E-state index contributed by atoms with van der Waals surface area (Å²) in [5.41, 5.74) is 14.3. The van der Waals surface area contributed by atoms with Crippen LogP contribution in [0.15, 0.2) is 79.6 Å². The van der Waals surface area contributed by atoms with Gasteiger partial charge in [0.2, 0.25) is 47.3 Å². The molecule has 2 heterocycles. The number of carboxylic acid groups (broad SMARTS) is 1. The molecule has 25 nitrogen and oxygen atoms in total. The molecule has 0 saturated carbocycles. The van der Waals surface area contributed by atoms with Crippen LogP contribution in [0, 0.1) is 23.7 Å². The van der Waals surface area contributed by atoms with Crippen LogP contribution >= 0.6 is 0 Å². The van der Waals surface area contributed by atoms with Crippen molar-refractivity contribution in [1.29, 1.82) is 0 Å². The van der Waals surface area contributed by atoms with Gasteiger partial charge in [-0.15, -0.1) is 0 Å². The fraction of sp³-hybridized carbons (Fsp3) is 0.534. The number of aliphatic carboxylic acids is 1. The zero-order chi connectivity index (χ0) is 61.3. The van der Waals surface area contributed by atoms with Crippen molar-refractivity contribution in [2.75, 3.05) is 6.54 Å². The van der Waals surface area contributed by atoms with Gasteiger partial charge in [-0.3, -0.25) is 38.4 Å². The normalized spacial score (nSPS) is 14.7. The molecule has 8 amide bonds. The molecule has 16 N–H and O–H groups in total. The summed E-state index contributed by atoms with van der Waals surface area (Å²) in [7, 11) is 0. The minimum Gasteiger partial charge on any atom is -0.508 e. The molecule has 2 aromatic carbocycles. The highest BCUT2D eigenvalue weighted by Crippen LogP contribution is 2.16. The van der Waals surface area contributed by atoms with Crippen LogP contribution in [-0.4, -0.2) is 144 Å². The van der Waals surface area contributed by atoms with Gasteiger partial charge in [-0.25, -0.2) is 14.8 Å². The van der Waals surface area contributed by atoms with E-state index in [0.29, 0.717) is 29.8 Å². The van der Waals surface area contributed by atoms with Crippen molar-refractivity contribution in [3.05, 3.63) is 102 Å². The lowest BCUT2D eigenvalue weighted by atomic mass is 9.99. The monoisotopic (exact) mass is 1150 g/mol. The number of phenols is 1. The Bertz CT molecular complexity index is 2700. The van der Waals surface area contributed by atoms with Gasteiger partial charge in [0.05, 0.1) is 18.7 Å². The second kappa shape index (κ2) is 33.7. The summed E-state index contributed by atoms with van der Waals surface area (Å²) in [5, 5.41) is 41.6. The number of carbonyl (C=O) groups is 9. The zero-order valence-electron chi connectivity index (χ0n) is 48.7. The van der Waals surface area contributed by atoms with Crippen molar-refractivity contribution in [1.82, 2.24) is 62.5 Å². The highest BCUT2D eigenvalue weighted by atomic mass is 16.4. The Hall–Kier alpha value is -8.19. The van der Waals surface area contributed by atoms with Crippen LogP contribution in [0.25, 0.3) is 0 Å². The number of aromatic amines is 2. The van der Waals surface area contributed by atoms with Crippen LogP contribution in [0.4, 0.5) is 0 Å². The summed E-state index contributed by atoms with van der Waals surface area (Å²) in [5.74, 6) is -8.63. The number of nitrogens with one attached hydrogen (secondary N) is 10. The molecule has 25 heteroatoms. The average molecular weight is 1160 g/mol. The SMILES string of the molecule is CC(C)CC(NC(=O)C(N)Cc1ccccc1)C(=O)NC(Cc1cnc[nH]1)C(=O)NC(CCCCN)C(=O)NC(C(=O)NC(Cc1cnc[nH]1)C(=O)NC(Cc1ccc(O)cc1)C(=O)NC(CC(C)C)C(=O)NC(C(=O)O)C(C)C)C(C)C. The first-order chi connectivity index (χ1) is 39.3. The molecule has 0 spiro atoms. The van der Waals surface area contributed by atoms with Gasteiger partial charge in [0.15, 0.2) is 0 Å². The summed E-state index contributed by atoms with van der Waals surface area (Å²) in [6.07, 6.45) is 6.66. The lowest BCUT2D eigenvalue weighted by Crippen LogP contribution is -2.61. The molecule has 9 atom stereocenters. The molecule has 4 aromatic rings. The fourth-order valence-electron chi connectivity index (χ4n) is 9.04. The second-order valence-corrected chi connectivity index (χ2v) is 22.4. The van der Waals surface area contributed by atoms with Crippen LogP contribution in [0.5, 0.6) is 5.75 Å². The Morgan fingerprint density at radius 1 is 0.482 bits per heavy atom. The van der Waals surface area contributed by atoms with Crippen molar-refractivity contribution in [2.45, 2.75) is 168 Å². The second-order valence-electron chi connectivity index (χ2n) is 22.4. The predicted octanol–water partition coefficient (Wildman–Crippen LogP) is 0.932. The Kier molecular flexibility index (Phi) is 27.3. The maximum atomic E-state index is 14.6. The number of aromatic hydroxyl groups is 1. The molecule has 0 bridgehead atoms. The van der Waals surface area contributed by atoms with E-state index in [4.69, 9.17) is 11.5 Å². The number of carbonyl (C=O) groups excluding carboxylic acids is 8. The third-order valence-electron chi connectivity index (χ3n) is 13.6. The first-order valence-corrected chi connectivity index (χ1v) is 28.2. The molecular formula is C58H86N14O11. The first kappa shape index (κ1) is 67.3. The average Bonchev–Trinajstić information content (AvgIpc) is 4.27. The van der Waals surface area contributed by atoms with Crippen molar-refractivity contribution in [2.24, 2.45) is 35.1 Å². The van der Waals surface area contributed by atoms with E-state index in [2.05, 4.69) is 62.5 Å². The highest BCUT2D eigenvalue weighted by molar-refractivity contribution is 5.98. The molecule has 0 radical (unpaired) electrons. The van der Waals surface area contributed by atoms with Gasteiger partial charge in [-0.1, -0.05) is 97.9 Å². The molecule has 0 aliphatic carbocycles. The quantitative estimate of drug-likeness (QED) is 0.0285. The largest absolute Gasteiger partial charge is 0.508 e. The Labute approximate surface area is 484 Å². The number of aromatic nitrogens is 4. The molecule has 4 rings (SSSR count). The number of H-pyrrole nitrogens is 2. The van der Waals surface area contributed by atoms with Gasteiger partial charge in [0.25, 0.3) is 0 Å². The number of hydrogen-bond acceptors (Lipinski definition) is 14. The van der Waals surface area contributed by atoms with Crippen LogP contribution in [-0.2, 0) is 68.8 Å². The van der Waals surface area contributed by atoms with Crippen LogP contribution in [0.1, 0.15) is 110 Å². The summed E-state index contributed by atoms with van der Waals surface area (Å²) < 4.78 is 0. The number of nitrogens with two attached hydrogens (primary N) is 2. The Morgan fingerprint density at radius 3 is 1.35 bits per heavy atom. The lowest BCUT2D eigenvalue weighted by molar-refractivity contribution is -0.143. The van der Waals surface area contributed by atoms with Crippen LogP contribution in [0.3, 0.4) is 0 Å². The number of amides is 8. The Balaban J connectivity index is 1.60. The molecule has 83 heavy (non-hydrogen) atoms. The van der Waals surface area contributed by atoms with Crippen molar-refractivity contribution in [3.63, 3.8) is 0 Å². The van der Waals surface area contributed by atoms with Gasteiger partial charge >= 0.3 is 5.97 Å². The number of unbranched alkanes of at least 4 members (excludes halogenated alkanes) is 1. The van der Waals surface area contributed by atoms with E-state index >= 15 is 0 Å². The van der Waals surface area contributed by atoms with Gasteiger partial charge in [0, 0.05) is 43.0 Å². The van der Waals surface area contributed by atoms with E-state index in [-0.39, 0.29) is 69.1 Å². The molecule has 454 valence electrons. The maximum Gasteiger partial charge on any atom is 0.326 e. The van der Waals surface area contributed by atoms with E-state index in [9.17, 15) is 53.4 Å². The molecule has 0 aliphatic heterocycles. The summed E-state index contributed by atoms with van der Waals surface area (Å²) >= 11 is 0. The topological polar surface area (TPSA) is 400 Å². The molecule has 0 fully saturated rings. The van der Waals surface area contributed by atoms with Crippen LogP contribution < -0.4 is 54.0 Å². The molecule has 0 aliphatic rings. The van der Waals surface area contributed by atoms with E-state index in [1.165, 1.54) is 49.3 Å². The predicted molar refractivity (Wildman–Crippen MR) is 309 cm³/mol. The lowest BCUT2D eigenvalue weighted by Gasteiger charge is -2.29. The van der Waals surface area contributed by atoms with Crippen LogP contribution in [0.2, 0.25) is 0 Å². The standard InChI is InChI=1S/C58H86N14O11/c1-32(2)22-43(66-50(74)41(60)24-36-14-10-9-11-15-36)52(76)69-46(26-38-28-61-30-63-38)54(78)65-42(16-12-13-21-59)51(75)71-48(34(5)6)57(81)70-47(27-39-29-62-31-64-39)55(79)68-45(25-37-17-19-40(73)20-18-37)53(77)67-44(23-33(3)4)56(80)72-49(35(7)8)58(82)83/h9-11,14-15,17-20,28-35,41-49,73H,12-13,16,21-27,59-60H2,1-8H3,(H,61,63)(H,62,64)(H,65,78)(H,66,74)(H,67,77)(H,68,79)(H,69,76)(H,70,81)(H,71,75)(H,72,80)(H,82,83). The van der Waals surface area contributed by atoms with Gasteiger partial charge in [-0.05, 0) is 92.0 Å². The minimum absolute atomic E-state index is 0.0578. The maximum absolute atomic E-state index is 14.6. The molecular weight excluding hydrogens is 1070 g/mol. The number of phenolic OH excluding ortho intramolecular Hbond substituents is 1. The van der Waals surface area contributed by atoms with E-state index in [1.54, 1.807) is 27.7 Å². The number of hydrogen-bond donors (Lipinski definition) is 14. The van der Waals surface area contributed by atoms with Crippen molar-refractivity contribution >= 4 is 53.2 Å². The number of imidazole rings is 2. The third kappa shape index (κ3) is 22.9. The zero-order valence-corrected chi connectivity index (χ0v) is 48.7. The van der Waals surface area contributed by atoms with E-state index in [0.717, 1.165) is 5.56 Å². The number of carboxylic acids is 1. The molecule has 0 saturated heterocycles. The van der Waals surface area contributed by atoms with Gasteiger partial charge in [0.1, 0.15) is 54.1 Å². The minimum atomic E-state index is -1.43. The first-order valence-electron chi connectivity index (χ1n) is 28.2. The van der Waals surface area contributed by atoms with Gasteiger partial charge < -0.3 is 74.2 Å². The van der Waals surface area contributed by atoms with Crippen molar-refractivity contribution in [3.8, 4) is 5.75 Å². The highest BCUT2D eigenvalue weighted by Gasteiger charge is 2.37. The number of nitrogens with zero attached hydrogens (tertiary/aromatic N) is 2.